The van der Waals surface area contributed by atoms with Gasteiger partial charge in [-0.3, -0.25) is 0 Å². The fraction of sp³-hybridized carbons (Fsp3) is 0.455. The number of carboxylic acid groups (broad SMARTS) is 1. The molecule has 8 heteroatoms. The zero-order valence-corrected chi connectivity index (χ0v) is 10.7. The van der Waals surface area contributed by atoms with Crippen molar-refractivity contribution in [2.45, 2.75) is 26.0 Å². The Morgan fingerprint density at radius 1 is 1.42 bits per heavy atom. The first-order chi connectivity index (χ1) is 8.81. The van der Waals surface area contributed by atoms with E-state index in [-0.39, 0.29) is 6.54 Å². The molecule has 1 rings (SSSR count). The number of aliphatic carboxylic acids is 1. The Morgan fingerprint density at radius 3 is 2.68 bits per heavy atom. The first-order valence-corrected chi connectivity index (χ1v) is 5.57. The van der Waals surface area contributed by atoms with E-state index in [1.54, 1.807) is 19.2 Å². The standard InChI is InChI=1S/C11H16N4O4/c1-7-12-4-3-8(15-7)5-13-10(18)14-6-11(2,19)9(16)17/h3-4,19H,5-6H2,1-2H3,(H,16,17)(H2,13,14,18). The molecule has 19 heavy (non-hydrogen) atoms. The minimum atomic E-state index is -2.00. The highest BCUT2D eigenvalue weighted by Gasteiger charge is 2.30. The van der Waals surface area contributed by atoms with E-state index in [0.29, 0.717) is 11.5 Å². The van der Waals surface area contributed by atoms with Gasteiger partial charge in [-0.2, -0.15) is 0 Å². The second kappa shape index (κ2) is 6.10. The number of carbonyl (C=O) groups excluding carboxylic acids is 1. The Morgan fingerprint density at radius 2 is 2.11 bits per heavy atom. The number of nitrogens with one attached hydrogen (secondary N) is 2. The van der Waals surface area contributed by atoms with Crippen LogP contribution in [0.25, 0.3) is 0 Å². The number of hydrogen-bond donors (Lipinski definition) is 4. The molecule has 0 saturated carbocycles. The number of carboxylic acids is 1. The van der Waals surface area contributed by atoms with E-state index in [2.05, 4.69) is 20.6 Å². The quantitative estimate of drug-likeness (QED) is 0.566. The van der Waals surface area contributed by atoms with Crippen molar-refractivity contribution in [2.75, 3.05) is 6.54 Å². The van der Waals surface area contributed by atoms with Gasteiger partial charge in [0, 0.05) is 6.20 Å². The predicted molar refractivity (Wildman–Crippen MR) is 65.3 cm³/mol. The van der Waals surface area contributed by atoms with Gasteiger partial charge in [-0.1, -0.05) is 0 Å². The van der Waals surface area contributed by atoms with Crippen LogP contribution in [-0.2, 0) is 11.3 Å². The van der Waals surface area contributed by atoms with Crippen LogP contribution in [0.5, 0.6) is 0 Å². The van der Waals surface area contributed by atoms with Gasteiger partial charge in [-0.05, 0) is 19.9 Å². The van der Waals surface area contributed by atoms with Crippen molar-refractivity contribution < 1.29 is 19.8 Å². The topological polar surface area (TPSA) is 124 Å². The van der Waals surface area contributed by atoms with E-state index >= 15 is 0 Å². The summed E-state index contributed by atoms with van der Waals surface area (Å²) >= 11 is 0. The second-order valence-corrected chi connectivity index (χ2v) is 4.21. The Hall–Kier alpha value is -2.22. The maximum atomic E-state index is 11.4. The fourth-order valence-corrected chi connectivity index (χ4v) is 1.16. The Bertz CT molecular complexity index is 476. The first-order valence-electron chi connectivity index (χ1n) is 5.57. The smallest absolute Gasteiger partial charge is 0.337 e. The maximum absolute atomic E-state index is 11.4. The molecule has 1 atom stereocenters. The maximum Gasteiger partial charge on any atom is 0.337 e. The van der Waals surface area contributed by atoms with E-state index in [4.69, 9.17) is 5.11 Å². The SMILES string of the molecule is Cc1nccc(CNC(=O)NCC(C)(O)C(=O)O)n1. The normalized spacial score (nSPS) is 13.4. The number of aromatic nitrogens is 2. The van der Waals surface area contributed by atoms with Gasteiger partial charge in [-0.25, -0.2) is 19.6 Å². The number of carbonyl (C=O) groups is 2. The molecule has 0 spiro atoms. The first kappa shape index (κ1) is 14.8. The molecule has 2 amide bonds. The molecule has 0 aliphatic heterocycles. The molecule has 0 aliphatic rings. The van der Waals surface area contributed by atoms with Gasteiger partial charge < -0.3 is 20.8 Å². The molecule has 8 nitrogen and oxygen atoms in total. The number of nitrogens with zero attached hydrogens (tertiary/aromatic N) is 2. The zero-order chi connectivity index (χ0) is 14.5. The van der Waals surface area contributed by atoms with Crippen molar-refractivity contribution in [2.24, 2.45) is 0 Å². The summed E-state index contributed by atoms with van der Waals surface area (Å²) in [6.45, 7) is 2.62. The van der Waals surface area contributed by atoms with Crippen LogP contribution in [0.15, 0.2) is 12.3 Å². The summed E-state index contributed by atoms with van der Waals surface area (Å²) < 4.78 is 0. The van der Waals surface area contributed by atoms with Gasteiger partial charge in [0.05, 0.1) is 18.8 Å². The Labute approximate surface area is 109 Å². The minimum absolute atomic E-state index is 0.185. The largest absolute Gasteiger partial charge is 0.479 e. The van der Waals surface area contributed by atoms with Crippen LogP contribution in [0.1, 0.15) is 18.4 Å². The van der Waals surface area contributed by atoms with Gasteiger partial charge in [0.1, 0.15) is 5.82 Å². The molecule has 4 N–H and O–H groups in total. The van der Waals surface area contributed by atoms with Crippen molar-refractivity contribution in [3.8, 4) is 0 Å². The Kier molecular flexibility index (Phi) is 4.76. The molecule has 0 saturated heterocycles. The van der Waals surface area contributed by atoms with E-state index in [1.807, 2.05) is 0 Å². The van der Waals surface area contributed by atoms with E-state index < -0.39 is 24.1 Å². The number of aryl methyl sites for hydroxylation is 1. The van der Waals surface area contributed by atoms with Gasteiger partial charge in [0.2, 0.25) is 0 Å². The minimum Gasteiger partial charge on any atom is -0.479 e. The van der Waals surface area contributed by atoms with E-state index in [9.17, 15) is 14.7 Å². The average molecular weight is 268 g/mol. The van der Waals surface area contributed by atoms with Crippen LogP contribution in [0.3, 0.4) is 0 Å². The molecule has 1 unspecified atom stereocenters. The van der Waals surface area contributed by atoms with Crippen molar-refractivity contribution in [1.82, 2.24) is 20.6 Å². The van der Waals surface area contributed by atoms with Crippen LogP contribution in [0, 0.1) is 6.92 Å². The number of aliphatic hydroxyl groups is 1. The lowest BCUT2D eigenvalue weighted by Gasteiger charge is -2.18. The summed E-state index contributed by atoms with van der Waals surface area (Å²) in [7, 11) is 0. The molecular formula is C11H16N4O4. The van der Waals surface area contributed by atoms with Crippen molar-refractivity contribution in [3.05, 3.63) is 23.8 Å². The number of amides is 2. The van der Waals surface area contributed by atoms with E-state index in [1.165, 1.54) is 0 Å². The number of urea groups is 1. The zero-order valence-electron chi connectivity index (χ0n) is 10.7. The summed E-state index contributed by atoms with van der Waals surface area (Å²) in [4.78, 5) is 30.0. The predicted octanol–water partition coefficient (Wildman–Crippen LogP) is -0.580. The fourth-order valence-electron chi connectivity index (χ4n) is 1.16. The van der Waals surface area contributed by atoms with Crippen LogP contribution in [-0.4, -0.2) is 44.3 Å². The highest BCUT2D eigenvalue weighted by Crippen LogP contribution is 2.00. The summed E-state index contributed by atoms with van der Waals surface area (Å²) in [5.74, 6) is -0.812. The molecule has 1 aromatic rings. The summed E-state index contributed by atoms with van der Waals surface area (Å²) in [6.07, 6.45) is 1.58. The number of hydrogen-bond acceptors (Lipinski definition) is 5. The van der Waals surface area contributed by atoms with Crippen LogP contribution >= 0.6 is 0 Å². The third kappa shape index (κ3) is 4.88. The molecule has 0 aliphatic carbocycles. The van der Waals surface area contributed by atoms with Crippen LogP contribution < -0.4 is 10.6 Å². The Balaban J connectivity index is 2.39. The van der Waals surface area contributed by atoms with Gasteiger partial charge in [0.15, 0.2) is 5.60 Å². The summed E-state index contributed by atoms with van der Waals surface area (Å²) in [5.41, 5.74) is -1.37. The number of rotatable bonds is 5. The highest BCUT2D eigenvalue weighted by atomic mass is 16.4. The molecule has 0 aromatic carbocycles. The lowest BCUT2D eigenvalue weighted by atomic mass is 10.1. The van der Waals surface area contributed by atoms with Gasteiger partial charge >= 0.3 is 12.0 Å². The molecule has 0 bridgehead atoms. The van der Waals surface area contributed by atoms with E-state index in [0.717, 1.165) is 6.92 Å². The molecule has 1 aromatic heterocycles. The average Bonchev–Trinajstić information content (AvgIpc) is 2.34. The van der Waals surface area contributed by atoms with Crippen LogP contribution in [0.4, 0.5) is 4.79 Å². The lowest BCUT2D eigenvalue weighted by Crippen LogP contribution is -2.49. The monoisotopic (exact) mass is 268 g/mol. The van der Waals surface area contributed by atoms with Gasteiger partial charge in [-0.15, -0.1) is 0 Å². The van der Waals surface area contributed by atoms with Crippen molar-refractivity contribution in [1.29, 1.82) is 0 Å². The van der Waals surface area contributed by atoms with Crippen LogP contribution in [0.2, 0.25) is 0 Å². The third-order valence-corrected chi connectivity index (χ3v) is 2.32. The summed E-state index contributed by atoms with van der Waals surface area (Å²) in [6, 6.07) is 1.07. The lowest BCUT2D eigenvalue weighted by molar-refractivity contribution is -0.155. The molecule has 1 heterocycles. The van der Waals surface area contributed by atoms with Gasteiger partial charge in [0.25, 0.3) is 0 Å². The molecule has 0 radical (unpaired) electrons. The van der Waals surface area contributed by atoms with Crippen molar-refractivity contribution in [3.63, 3.8) is 0 Å². The second-order valence-electron chi connectivity index (χ2n) is 4.21. The molecular weight excluding hydrogens is 252 g/mol. The summed E-state index contributed by atoms with van der Waals surface area (Å²) in [5, 5.41) is 22.8. The molecule has 0 fully saturated rings. The van der Waals surface area contributed by atoms with Crippen molar-refractivity contribution >= 4 is 12.0 Å². The highest BCUT2D eigenvalue weighted by molar-refractivity contribution is 5.79. The molecule has 104 valence electrons. The third-order valence-electron chi connectivity index (χ3n) is 2.32.